The molecular formula is C18H20N2O. The fourth-order valence-corrected chi connectivity index (χ4v) is 2.88. The summed E-state index contributed by atoms with van der Waals surface area (Å²) in [6.45, 7) is 2.58. The van der Waals surface area contributed by atoms with E-state index >= 15 is 0 Å². The van der Waals surface area contributed by atoms with Crippen LogP contribution in [0.4, 0.5) is 11.4 Å². The Balaban J connectivity index is 1.73. The van der Waals surface area contributed by atoms with Gasteiger partial charge < -0.3 is 10.2 Å². The third kappa shape index (κ3) is 3.07. The van der Waals surface area contributed by atoms with Crippen LogP contribution in [-0.4, -0.2) is 18.5 Å². The number of carbonyl (C=O) groups excluding carboxylic acids is 1. The van der Waals surface area contributed by atoms with E-state index in [9.17, 15) is 4.79 Å². The molecule has 1 heterocycles. The Hall–Kier alpha value is -2.29. The predicted molar refractivity (Wildman–Crippen MR) is 86.6 cm³/mol. The first-order valence-electron chi connectivity index (χ1n) is 7.43. The minimum absolute atomic E-state index is 0.0322. The van der Waals surface area contributed by atoms with Crippen molar-refractivity contribution in [3.63, 3.8) is 0 Å². The molecule has 1 atom stereocenters. The lowest BCUT2D eigenvalue weighted by Gasteiger charge is -2.36. The van der Waals surface area contributed by atoms with E-state index in [4.69, 9.17) is 0 Å². The van der Waals surface area contributed by atoms with Crippen molar-refractivity contribution in [2.45, 2.75) is 25.8 Å². The van der Waals surface area contributed by atoms with Crippen molar-refractivity contribution in [2.24, 2.45) is 0 Å². The number of benzene rings is 2. The summed E-state index contributed by atoms with van der Waals surface area (Å²) in [5.74, 6) is 0.0322. The molecule has 0 radical (unpaired) electrons. The molecule has 1 amide bonds. The molecule has 2 aromatic rings. The largest absolute Gasteiger partial charge is 0.359 e. The summed E-state index contributed by atoms with van der Waals surface area (Å²) in [5.41, 5.74) is 3.38. The molecule has 1 N–H and O–H groups in total. The van der Waals surface area contributed by atoms with E-state index in [0.717, 1.165) is 18.5 Å². The lowest BCUT2D eigenvalue weighted by Crippen LogP contribution is -2.42. The smallest absolute Gasteiger partial charge is 0.243 e. The highest BCUT2D eigenvalue weighted by Crippen LogP contribution is 2.30. The van der Waals surface area contributed by atoms with Crippen LogP contribution in [0.5, 0.6) is 0 Å². The number of amides is 1. The molecular weight excluding hydrogens is 260 g/mol. The topological polar surface area (TPSA) is 32.3 Å². The summed E-state index contributed by atoms with van der Waals surface area (Å²) < 4.78 is 0. The van der Waals surface area contributed by atoms with Gasteiger partial charge in [-0.1, -0.05) is 36.4 Å². The molecule has 3 heteroatoms. The van der Waals surface area contributed by atoms with Crippen LogP contribution in [0.1, 0.15) is 18.9 Å². The van der Waals surface area contributed by atoms with Crippen LogP contribution in [0.2, 0.25) is 0 Å². The number of para-hydroxylation sites is 2. The van der Waals surface area contributed by atoms with Crippen molar-refractivity contribution in [3.05, 3.63) is 60.2 Å². The van der Waals surface area contributed by atoms with Gasteiger partial charge in [0.05, 0.1) is 6.54 Å². The van der Waals surface area contributed by atoms with Gasteiger partial charge in [-0.3, -0.25) is 4.79 Å². The van der Waals surface area contributed by atoms with Gasteiger partial charge >= 0.3 is 0 Å². The number of hydrogen-bond donors (Lipinski definition) is 1. The molecule has 108 valence electrons. The second kappa shape index (κ2) is 6.00. The molecule has 0 aliphatic carbocycles. The molecule has 0 unspecified atom stereocenters. The second-order valence-corrected chi connectivity index (χ2v) is 5.56. The minimum Gasteiger partial charge on any atom is -0.359 e. The standard InChI is InChI=1S/C18H20N2O/c1-14-11-12-15-7-5-6-10-17(15)20(14)13-18(21)19-16-8-3-2-4-9-16/h2-10,14H,11-13H2,1H3,(H,19,21)/t14-/m1/s1. The van der Waals surface area contributed by atoms with Crippen molar-refractivity contribution < 1.29 is 4.79 Å². The number of anilines is 2. The van der Waals surface area contributed by atoms with Gasteiger partial charge in [0, 0.05) is 17.4 Å². The summed E-state index contributed by atoms with van der Waals surface area (Å²) in [4.78, 5) is 14.5. The summed E-state index contributed by atoms with van der Waals surface area (Å²) in [5, 5.41) is 2.96. The van der Waals surface area contributed by atoms with Gasteiger partial charge in [0.2, 0.25) is 5.91 Å². The average molecular weight is 280 g/mol. The first-order chi connectivity index (χ1) is 10.2. The summed E-state index contributed by atoms with van der Waals surface area (Å²) in [7, 11) is 0. The Kier molecular flexibility index (Phi) is 3.91. The number of rotatable bonds is 3. The Morgan fingerprint density at radius 3 is 2.67 bits per heavy atom. The van der Waals surface area contributed by atoms with Crippen LogP contribution in [0, 0.1) is 0 Å². The monoisotopic (exact) mass is 280 g/mol. The fourth-order valence-electron chi connectivity index (χ4n) is 2.88. The van der Waals surface area contributed by atoms with Crippen molar-refractivity contribution >= 4 is 17.3 Å². The van der Waals surface area contributed by atoms with Crippen LogP contribution in [-0.2, 0) is 11.2 Å². The molecule has 0 saturated carbocycles. The van der Waals surface area contributed by atoms with Gasteiger partial charge in [-0.15, -0.1) is 0 Å². The predicted octanol–water partition coefficient (Wildman–Crippen LogP) is 3.47. The van der Waals surface area contributed by atoms with Crippen LogP contribution >= 0.6 is 0 Å². The Labute approximate surface area is 125 Å². The third-order valence-electron chi connectivity index (χ3n) is 4.04. The third-order valence-corrected chi connectivity index (χ3v) is 4.04. The van der Waals surface area contributed by atoms with Crippen LogP contribution in [0.3, 0.4) is 0 Å². The zero-order valence-electron chi connectivity index (χ0n) is 12.3. The highest BCUT2D eigenvalue weighted by atomic mass is 16.2. The zero-order chi connectivity index (χ0) is 14.7. The van der Waals surface area contributed by atoms with Gasteiger partial charge in [-0.05, 0) is 43.5 Å². The molecule has 1 aliphatic heterocycles. The quantitative estimate of drug-likeness (QED) is 0.933. The normalized spacial score (nSPS) is 17.2. The van der Waals surface area contributed by atoms with Gasteiger partial charge in [0.15, 0.2) is 0 Å². The maximum atomic E-state index is 12.3. The number of nitrogens with one attached hydrogen (secondary N) is 1. The van der Waals surface area contributed by atoms with Crippen molar-refractivity contribution in [3.8, 4) is 0 Å². The van der Waals surface area contributed by atoms with E-state index in [1.807, 2.05) is 36.4 Å². The number of hydrogen-bond acceptors (Lipinski definition) is 2. The molecule has 3 nitrogen and oxygen atoms in total. The Morgan fingerprint density at radius 1 is 1.14 bits per heavy atom. The van der Waals surface area contributed by atoms with Crippen molar-refractivity contribution in [1.82, 2.24) is 0 Å². The minimum atomic E-state index is 0.0322. The first kappa shape index (κ1) is 13.7. The summed E-state index contributed by atoms with van der Waals surface area (Å²) in [6.07, 6.45) is 2.18. The molecule has 0 aromatic heterocycles. The maximum Gasteiger partial charge on any atom is 0.243 e. The average Bonchev–Trinajstić information content (AvgIpc) is 2.51. The molecule has 2 aromatic carbocycles. The van der Waals surface area contributed by atoms with E-state index in [1.54, 1.807) is 0 Å². The Morgan fingerprint density at radius 2 is 1.86 bits per heavy atom. The summed E-state index contributed by atoms with van der Waals surface area (Å²) >= 11 is 0. The van der Waals surface area contributed by atoms with E-state index < -0.39 is 0 Å². The first-order valence-corrected chi connectivity index (χ1v) is 7.43. The molecule has 0 saturated heterocycles. The number of aryl methyl sites for hydroxylation is 1. The van der Waals surface area contributed by atoms with E-state index in [0.29, 0.717) is 12.6 Å². The van der Waals surface area contributed by atoms with E-state index in [2.05, 4.69) is 35.3 Å². The van der Waals surface area contributed by atoms with E-state index in [1.165, 1.54) is 11.3 Å². The lowest BCUT2D eigenvalue weighted by molar-refractivity contribution is -0.115. The SMILES string of the molecule is C[C@@H]1CCc2ccccc2N1CC(=O)Nc1ccccc1. The maximum absolute atomic E-state index is 12.3. The molecule has 3 rings (SSSR count). The van der Waals surface area contributed by atoms with Crippen molar-refractivity contribution in [1.29, 1.82) is 0 Å². The van der Waals surface area contributed by atoms with Gasteiger partial charge in [0.1, 0.15) is 0 Å². The molecule has 21 heavy (non-hydrogen) atoms. The van der Waals surface area contributed by atoms with E-state index in [-0.39, 0.29) is 5.91 Å². The number of carbonyl (C=O) groups is 1. The van der Waals surface area contributed by atoms with Crippen LogP contribution < -0.4 is 10.2 Å². The Bertz CT molecular complexity index is 624. The fraction of sp³-hybridized carbons (Fsp3) is 0.278. The lowest BCUT2D eigenvalue weighted by atomic mass is 9.96. The highest BCUT2D eigenvalue weighted by Gasteiger charge is 2.24. The van der Waals surface area contributed by atoms with Crippen LogP contribution in [0.15, 0.2) is 54.6 Å². The van der Waals surface area contributed by atoms with Crippen molar-refractivity contribution in [2.75, 3.05) is 16.8 Å². The zero-order valence-corrected chi connectivity index (χ0v) is 12.3. The number of fused-ring (bicyclic) bond motifs is 1. The second-order valence-electron chi connectivity index (χ2n) is 5.56. The molecule has 0 spiro atoms. The highest BCUT2D eigenvalue weighted by molar-refractivity contribution is 5.94. The molecule has 0 fully saturated rings. The van der Waals surface area contributed by atoms with Gasteiger partial charge in [-0.2, -0.15) is 0 Å². The summed E-state index contributed by atoms with van der Waals surface area (Å²) in [6, 6.07) is 18.4. The molecule has 0 bridgehead atoms. The number of nitrogens with zero attached hydrogens (tertiary/aromatic N) is 1. The van der Waals surface area contributed by atoms with Crippen LogP contribution in [0.25, 0.3) is 0 Å². The van der Waals surface area contributed by atoms with Gasteiger partial charge in [0.25, 0.3) is 0 Å². The van der Waals surface area contributed by atoms with Gasteiger partial charge in [-0.25, -0.2) is 0 Å². The molecule has 1 aliphatic rings.